The molecule has 146 valence electrons. The molecule has 1 atom stereocenters. The fourth-order valence-corrected chi connectivity index (χ4v) is 2.96. The molecule has 0 bridgehead atoms. The van der Waals surface area contributed by atoms with Gasteiger partial charge < -0.3 is 15.3 Å². The molecule has 1 amide bonds. The molecule has 0 saturated carbocycles. The van der Waals surface area contributed by atoms with Crippen LogP contribution in [0.1, 0.15) is 23.4 Å². The molecule has 2 N–H and O–H groups in total. The van der Waals surface area contributed by atoms with E-state index in [1.54, 1.807) is 4.68 Å². The van der Waals surface area contributed by atoms with Gasteiger partial charge in [-0.3, -0.25) is 14.3 Å². The summed E-state index contributed by atoms with van der Waals surface area (Å²) < 4.78 is 14.7. The van der Waals surface area contributed by atoms with Crippen molar-refractivity contribution in [1.29, 1.82) is 0 Å². The van der Waals surface area contributed by atoms with Gasteiger partial charge in [-0.25, -0.2) is 4.39 Å². The minimum atomic E-state index is -1.03. The van der Waals surface area contributed by atoms with Crippen LogP contribution in [0.5, 0.6) is 0 Å². The van der Waals surface area contributed by atoms with Crippen molar-refractivity contribution in [3.8, 4) is 0 Å². The Morgan fingerprint density at radius 1 is 1.30 bits per heavy atom. The highest BCUT2D eigenvalue weighted by Crippen LogP contribution is 2.16. The van der Waals surface area contributed by atoms with Gasteiger partial charge in [0.1, 0.15) is 5.82 Å². The van der Waals surface area contributed by atoms with Gasteiger partial charge in [0.25, 0.3) is 0 Å². The van der Waals surface area contributed by atoms with Crippen LogP contribution in [0.2, 0.25) is 0 Å². The van der Waals surface area contributed by atoms with E-state index in [-0.39, 0.29) is 13.0 Å². The lowest BCUT2D eigenvalue weighted by atomic mass is 10.0. The van der Waals surface area contributed by atoms with Crippen molar-refractivity contribution in [1.82, 2.24) is 14.7 Å². The van der Waals surface area contributed by atoms with E-state index in [1.165, 1.54) is 24.3 Å². The summed E-state index contributed by atoms with van der Waals surface area (Å²) in [5, 5.41) is 16.4. The molecule has 0 aliphatic carbocycles. The van der Waals surface area contributed by atoms with E-state index in [1.807, 2.05) is 32.8 Å². The number of aryl methyl sites for hydroxylation is 2. The zero-order chi connectivity index (χ0) is 20.1. The second-order valence-corrected chi connectivity index (χ2v) is 6.76. The standard InChI is InChI=1S/C19H25FN4O3/c1-12-17(13(2)24(4)22-12)11-23(3)10-14(19(26)27)9-18(25)21-16-7-5-15(20)6-8-16/h5-8,14H,9-11H2,1-4H3,(H,21,25)(H,26,27)/t14-/m1/s1. The van der Waals surface area contributed by atoms with E-state index in [2.05, 4.69) is 10.4 Å². The summed E-state index contributed by atoms with van der Waals surface area (Å²) in [5.74, 6) is -2.71. The minimum Gasteiger partial charge on any atom is -0.481 e. The third-order valence-corrected chi connectivity index (χ3v) is 4.53. The third kappa shape index (κ3) is 5.62. The number of hydrogen-bond acceptors (Lipinski definition) is 4. The first-order chi connectivity index (χ1) is 12.7. The number of aromatic nitrogens is 2. The smallest absolute Gasteiger partial charge is 0.308 e. The first-order valence-electron chi connectivity index (χ1n) is 8.63. The van der Waals surface area contributed by atoms with E-state index in [0.29, 0.717) is 12.2 Å². The SMILES string of the molecule is Cc1nn(C)c(C)c1CN(C)C[C@@H](CC(=O)Nc1ccc(F)cc1)C(=O)O. The number of carboxylic acid groups (broad SMARTS) is 1. The Morgan fingerprint density at radius 2 is 1.93 bits per heavy atom. The first kappa shape index (κ1) is 20.6. The molecular formula is C19H25FN4O3. The van der Waals surface area contributed by atoms with E-state index in [9.17, 15) is 19.1 Å². The highest BCUT2D eigenvalue weighted by molar-refractivity contribution is 5.93. The molecule has 0 unspecified atom stereocenters. The molecule has 2 aromatic rings. The second kappa shape index (κ2) is 8.77. The van der Waals surface area contributed by atoms with Gasteiger partial charge >= 0.3 is 5.97 Å². The molecule has 1 heterocycles. The number of carbonyl (C=O) groups excluding carboxylic acids is 1. The third-order valence-electron chi connectivity index (χ3n) is 4.53. The van der Waals surface area contributed by atoms with Crippen molar-refractivity contribution in [2.24, 2.45) is 13.0 Å². The summed E-state index contributed by atoms with van der Waals surface area (Å²) in [6.45, 7) is 4.66. The van der Waals surface area contributed by atoms with Crippen LogP contribution in [-0.2, 0) is 23.2 Å². The van der Waals surface area contributed by atoms with Gasteiger partial charge in [-0.1, -0.05) is 0 Å². The lowest BCUT2D eigenvalue weighted by molar-refractivity contribution is -0.144. The molecule has 0 radical (unpaired) electrons. The number of nitrogens with zero attached hydrogens (tertiary/aromatic N) is 3. The Kier molecular flexibility index (Phi) is 6.68. The topological polar surface area (TPSA) is 87.5 Å². The van der Waals surface area contributed by atoms with Crippen molar-refractivity contribution < 1.29 is 19.1 Å². The molecule has 0 aliphatic heterocycles. The maximum Gasteiger partial charge on any atom is 0.308 e. The first-order valence-corrected chi connectivity index (χ1v) is 8.63. The average molecular weight is 376 g/mol. The van der Waals surface area contributed by atoms with E-state index in [4.69, 9.17) is 0 Å². The van der Waals surface area contributed by atoms with Crippen molar-refractivity contribution in [2.75, 3.05) is 18.9 Å². The Bertz CT molecular complexity index is 817. The summed E-state index contributed by atoms with van der Waals surface area (Å²) in [4.78, 5) is 25.6. The number of amides is 1. The van der Waals surface area contributed by atoms with Crippen molar-refractivity contribution in [2.45, 2.75) is 26.8 Å². The quantitative estimate of drug-likeness (QED) is 0.738. The van der Waals surface area contributed by atoms with Crippen LogP contribution in [0.3, 0.4) is 0 Å². The number of nitrogens with one attached hydrogen (secondary N) is 1. The Hall–Kier alpha value is -2.74. The van der Waals surface area contributed by atoms with Crippen LogP contribution in [0.25, 0.3) is 0 Å². The lowest BCUT2D eigenvalue weighted by Crippen LogP contribution is -2.33. The molecule has 0 aliphatic rings. The fourth-order valence-electron chi connectivity index (χ4n) is 2.96. The van der Waals surface area contributed by atoms with Crippen LogP contribution in [0, 0.1) is 25.6 Å². The molecule has 27 heavy (non-hydrogen) atoms. The highest BCUT2D eigenvalue weighted by Gasteiger charge is 2.24. The second-order valence-electron chi connectivity index (χ2n) is 6.76. The maximum absolute atomic E-state index is 12.9. The minimum absolute atomic E-state index is 0.165. The summed E-state index contributed by atoms with van der Waals surface area (Å²) in [6.07, 6.45) is -0.165. The van der Waals surface area contributed by atoms with Crippen LogP contribution < -0.4 is 5.32 Å². The summed E-state index contributed by atoms with van der Waals surface area (Å²) in [7, 11) is 3.69. The largest absolute Gasteiger partial charge is 0.481 e. The van der Waals surface area contributed by atoms with Gasteiger partial charge in [-0.15, -0.1) is 0 Å². The Morgan fingerprint density at radius 3 is 2.44 bits per heavy atom. The number of anilines is 1. The van der Waals surface area contributed by atoms with Crippen molar-refractivity contribution in [3.05, 3.63) is 47.0 Å². The Balaban J connectivity index is 1.96. The Labute approximate surface area is 157 Å². The molecule has 0 spiro atoms. The fraction of sp³-hybridized carbons (Fsp3) is 0.421. The summed E-state index contributed by atoms with van der Waals surface area (Å²) >= 11 is 0. The van der Waals surface area contributed by atoms with E-state index >= 15 is 0 Å². The van der Waals surface area contributed by atoms with E-state index < -0.39 is 23.6 Å². The van der Waals surface area contributed by atoms with Crippen molar-refractivity contribution in [3.63, 3.8) is 0 Å². The molecule has 2 rings (SSSR count). The van der Waals surface area contributed by atoms with Crippen LogP contribution in [-0.4, -0.2) is 45.3 Å². The molecule has 0 fully saturated rings. The number of rotatable bonds is 8. The van der Waals surface area contributed by atoms with Crippen molar-refractivity contribution >= 4 is 17.6 Å². The molecular weight excluding hydrogens is 351 g/mol. The number of carbonyl (C=O) groups is 2. The molecule has 1 aromatic carbocycles. The van der Waals surface area contributed by atoms with Crippen LogP contribution in [0.4, 0.5) is 10.1 Å². The molecule has 7 nitrogen and oxygen atoms in total. The normalized spacial score (nSPS) is 12.2. The van der Waals surface area contributed by atoms with Gasteiger partial charge in [0.2, 0.25) is 5.91 Å². The van der Waals surface area contributed by atoms with E-state index in [0.717, 1.165) is 17.0 Å². The number of halogens is 1. The number of hydrogen-bond donors (Lipinski definition) is 2. The summed E-state index contributed by atoms with van der Waals surface area (Å²) in [6, 6.07) is 5.33. The van der Waals surface area contributed by atoms with Gasteiger partial charge in [-0.2, -0.15) is 5.10 Å². The zero-order valence-electron chi connectivity index (χ0n) is 16.0. The van der Waals surface area contributed by atoms with Crippen LogP contribution in [0.15, 0.2) is 24.3 Å². The maximum atomic E-state index is 12.9. The number of benzene rings is 1. The molecule has 0 saturated heterocycles. The predicted molar refractivity (Wildman–Crippen MR) is 99.8 cm³/mol. The predicted octanol–water partition coefficient (Wildman–Crippen LogP) is 2.34. The lowest BCUT2D eigenvalue weighted by Gasteiger charge is -2.21. The molecule has 8 heteroatoms. The average Bonchev–Trinajstić information content (AvgIpc) is 2.82. The van der Waals surface area contributed by atoms with Gasteiger partial charge in [0, 0.05) is 43.5 Å². The van der Waals surface area contributed by atoms with Gasteiger partial charge in [-0.05, 0) is 45.2 Å². The highest BCUT2D eigenvalue weighted by atomic mass is 19.1. The monoisotopic (exact) mass is 376 g/mol. The van der Waals surface area contributed by atoms with Gasteiger partial charge in [0.05, 0.1) is 11.6 Å². The number of carboxylic acids is 1. The molecule has 1 aromatic heterocycles. The van der Waals surface area contributed by atoms with Crippen LogP contribution >= 0.6 is 0 Å². The van der Waals surface area contributed by atoms with Gasteiger partial charge in [0.15, 0.2) is 0 Å². The zero-order valence-corrected chi connectivity index (χ0v) is 16.0. The number of aliphatic carboxylic acids is 1. The summed E-state index contributed by atoms with van der Waals surface area (Å²) in [5.41, 5.74) is 3.42.